The molecular formula is C23H29N3O2S. The van der Waals surface area contributed by atoms with Crippen molar-refractivity contribution < 1.29 is 4.79 Å². The predicted molar refractivity (Wildman–Crippen MR) is 116 cm³/mol. The number of carbonyl (C=O) groups is 1. The van der Waals surface area contributed by atoms with E-state index in [9.17, 15) is 9.59 Å². The molecule has 4 fully saturated rings. The molecule has 0 spiro atoms. The molecule has 6 rings (SSSR count). The van der Waals surface area contributed by atoms with Crippen LogP contribution in [0.3, 0.4) is 0 Å². The number of H-pyrrole nitrogens is 1. The summed E-state index contributed by atoms with van der Waals surface area (Å²) in [5, 5.41) is 3.83. The van der Waals surface area contributed by atoms with Gasteiger partial charge in [0, 0.05) is 6.04 Å². The fourth-order valence-corrected chi connectivity index (χ4v) is 7.19. The molecule has 4 saturated carbocycles. The van der Waals surface area contributed by atoms with E-state index in [1.807, 2.05) is 18.2 Å². The van der Waals surface area contributed by atoms with Crippen molar-refractivity contribution in [3.8, 4) is 0 Å². The van der Waals surface area contributed by atoms with Gasteiger partial charge in [-0.3, -0.25) is 14.2 Å². The Hall–Kier alpha value is -1.95. The van der Waals surface area contributed by atoms with Crippen LogP contribution in [0.25, 0.3) is 10.9 Å². The van der Waals surface area contributed by atoms with E-state index in [1.54, 1.807) is 13.0 Å². The molecule has 1 aromatic heterocycles. The van der Waals surface area contributed by atoms with E-state index in [0.29, 0.717) is 15.7 Å². The molecule has 4 aliphatic rings. The van der Waals surface area contributed by atoms with Crippen LogP contribution < -0.4 is 10.9 Å². The van der Waals surface area contributed by atoms with Gasteiger partial charge in [0.15, 0.2) is 4.77 Å². The summed E-state index contributed by atoms with van der Waals surface area (Å²) in [4.78, 5) is 29.3. The summed E-state index contributed by atoms with van der Waals surface area (Å²) >= 11 is 5.42. The lowest BCUT2D eigenvalue weighted by atomic mass is 9.48. The maximum atomic E-state index is 13.2. The number of nitrogens with one attached hydrogen (secondary N) is 2. The molecule has 1 aromatic carbocycles. The smallest absolute Gasteiger partial charge is 0.262 e. The van der Waals surface area contributed by atoms with Crippen molar-refractivity contribution in [1.82, 2.24) is 14.9 Å². The molecule has 29 heavy (non-hydrogen) atoms. The van der Waals surface area contributed by atoms with Crippen molar-refractivity contribution in [2.24, 2.45) is 23.2 Å². The molecule has 0 aliphatic heterocycles. The minimum Gasteiger partial charge on any atom is -0.351 e. The normalized spacial score (nSPS) is 32.3. The zero-order valence-electron chi connectivity index (χ0n) is 17.1. The van der Waals surface area contributed by atoms with Gasteiger partial charge in [-0.2, -0.15) is 0 Å². The molecule has 0 radical (unpaired) electrons. The van der Waals surface area contributed by atoms with Gasteiger partial charge >= 0.3 is 0 Å². The molecule has 6 heteroatoms. The molecule has 0 unspecified atom stereocenters. The molecular weight excluding hydrogens is 382 g/mol. The van der Waals surface area contributed by atoms with Gasteiger partial charge in [-0.05, 0) is 99.9 Å². The Morgan fingerprint density at radius 3 is 2.34 bits per heavy atom. The number of benzene rings is 1. The van der Waals surface area contributed by atoms with Crippen LogP contribution in [-0.4, -0.2) is 21.5 Å². The number of hydrogen-bond acceptors (Lipinski definition) is 3. The quantitative estimate of drug-likeness (QED) is 0.736. The predicted octanol–water partition coefficient (Wildman–Crippen LogP) is 4.34. The Kier molecular flexibility index (Phi) is 4.46. The van der Waals surface area contributed by atoms with Gasteiger partial charge in [0.25, 0.3) is 5.56 Å². The highest BCUT2D eigenvalue weighted by Gasteiger charge is 2.53. The van der Waals surface area contributed by atoms with E-state index in [0.717, 1.165) is 17.8 Å². The van der Waals surface area contributed by atoms with E-state index >= 15 is 0 Å². The second kappa shape index (κ2) is 6.79. The molecule has 154 valence electrons. The number of amides is 1. The van der Waals surface area contributed by atoms with Gasteiger partial charge in [-0.25, -0.2) is 0 Å². The van der Waals surface area contributed by atoms with Crippen molar-refractivity contribution in [2.75, 3.05) is 0 Å². The van der Waals surface area contributed by atoms with E-state index in [4.69, 9.17) is 12.2 Å². The largest absolute Gasteiger partial charge is 0.351 e. The highest BCUT2D eigenvalue weighted by atomic mass is 32.1. The lowest BCUT2D eigenvalue weighted by Gasteiger charge is -2.59. The Labute approximate surface area is 175 Å². The van der Waals surface area contributed by atoms with E-state index in [-0.39, 0.29) is 22.9 Å². The van der Waals surface area contributed by atoms with Gasteiger partial charge in [0.1, 0.15) is 6.04 Å². The lowest BCUT2D eigenvalue weighted by molar-refractivity contribution is -0.128. The number of nitrogens with zero attached hydrogens (tertiary/aromatic N) is 1. The number of carbonyl (C=O) groups excluding carboxylic acids is 1. The topological polar surface area (TPSA) is 66.9 Å². The Morgan fingerprint density at radius 2 is 1.72 bits per heavy atom. The molecule has 0 saturated heterocycles. The van der Waals surface area contributed by atoms with Crippen molar-refractivity contribution in [3.05, 3.63) is 39.4 Å². The summed E-state index contributed by atoms with van der Waals surface area (Å²) in [6.07, 6.45) is 7.88. The summed E-state index contributed by atoms with van der Waals surface area (Å²) in [5.74, 6) is 2.41. The number of aromatic amines is 1. The standard InChI is InChI=1S/C23H29N3O2S/c1-13(26-21(28)18-5-3-4-6-19(18)25-22(26)29)20(27)24-14(2)23-10-15-7-16(11-23)9-17(8-15)12-23/h3-6,13-17H,7-12H2,1-2H3,(H,24,27)(H,25,29)/t13-,14+,15?,16?,17?,23?/m0/s1. The van der Waals surface area contributed by atoms with Crippen LogP contribution in [0.15, 0.2) is 29.1 Å². The van der Waals surface area contributed by atoms with Crippen molar-refractivity contribution >= 4 is 29.0 Å². The van der Waals surface area contributed by atoms with Gasteiger partial charge in [0.2, 0.25) is 5.91 Å². The third-order valence-electron chi connectivity index (χ3n) is 7.97. The van der Waals surface area contributed by atoms with Crippen molar-refractivity contribution in [1.29, 1.82) is 0 Å². The van der Waals surface area contributed by atoms with E-state index < -0.39 is 6.04 Å². The third-order valence-corrected chi connectivity index (χ3v) is 8.27. The SMILES string of the molecule is C[C@@H](C(=O)N[C@H](C)C12CC3CC(CC(C3)C1)C2)n1c(=S)[nH]c2ccccc2c1=O. The van der Waals surface area contributed by atoms with E-state index in [1.165, 1.54) is 43.1 Å². The van der Waals surface area contributed by atoms with Crippen LogP contribution in [0, 0.1) is 27.9 Å². The molecule has 2 N–H and O–H groups in total. The molecule has 2 atom stereocenters. The minimum atomic E-state index is -0.646. The van der Waals surface area contributed by atoms with Gasteiger partial charge in [-0.1, -0.05) is 12.1 Å². The maximum Gasteiger partial charge on any atom is 0.262 e. The fraction of sp³-hybridized carbons (Fsp3) is 0.609. The monoisotopic (exact) mass is 411 g/mol. The first-order chi connectivity index (χ1) is 13.9. The van der Waals surface area contributed by atoms with E-state index in [2.05, 4.69) is 17.2 Å². The lowest BCUT2D eigenvalue weighted by Crippen LogP contribution is -2.56. The second-order valence-corrected chi connectivity index (χ2v) is 10.2. The Balaban J connectivity index is 1.40. The molecule has 4 aliphatic carbocycles. The number of rotatable bonds is 4. The maximum absolute atomic E-state index is 13.2. The zero-order valence-corrected chi connectivity index (χ0v) is 17.9. The van der Waals surface area contributed by atoms with Crippen LogP contribution in [0.1, 0.15) is 58.4 Å². The average Bonchev–Trinajstić information content (AvgIpc) is 2.66. The highest BCUT2D eigenvalue weighted by Crippen LogP contribution is 2.61. The van der Waals surface area contributed by atoms with Gasteiger partial charge in [-0.15, -0.1) is 0 Å². The zero-order chi connectivity index (χ0) is 20.3. The summed E-state index contributed by atoms with van der Waals surface area (Å²) < 4.78 is 1.71. The van der Waals surface area contributed by atoms with Crippen LogP contribution in [0.4, 0.5) is 0 Å². The molecule has 2 aromatic rings. The van der Waals surface area contributed by atoms with Crippen molar-refractivity contribution in [3.63, 3.8) is 0 Å². The molecule has 1 amide bonds. The summed E-state index contributed by atoms with van der Waals surface area (Å²) in [6, 6.07) is 6.76. The number of para-hydroxylation sites is 1. The second-order valence-electron chi connectivity index (χ2n) is 9.84. The number of hydrogen-bond donors (Lipinski definition) is 2. The van der Waals surface area contributed by atoms with Crippen LogP contribution in [-0.2, 0) is 4.79 Å². The summed E-state index contributed by atoms with van der Waals surface area (Å²) in [6.45, 7) is 3.93. The van der Waals surface area contributed by atoms with Gasteiger partial charge < -0.3 is 10.3 Å². The first kappa shape index (κ1) is 19.0. The van der Waals surface area contributed by atoms with Gasteiger partial charge in [0.05, 0.1) is 10.9 Å². The average molecular weight is 412 g/mol. The highest BCUT2D eigenvalue weighted by molar-refractivity contribution is 7.71. The first-order valence-electron chi connectivity index (χ1n) is 10.9. The van der Waals surface area contributed by atoms with Crippen LogP contribution in [0.5, 0.6) is 0 Å². The summed E-state index contributed by atoms with van der Waals surface area (Å²) in [7, 11) is 0. The fourth-order valence-electron chi connectivity index (χ4n) is 6.84. The third kappa shape index (κ3) is 3.07. The number of fused-ring (bicyclic) bond motifs is 1. The van der Waals surface area contributed by atoms with Crippen LogP contribution >= 0.6 is 12.2 Å². The number of aromatic nitrogens is 2. The minimum absolute atomic E-state index is 0.120. The molecule has 1 heterocycles. The van der Waals surface area contributed by atoms with Crippen molar-refractivity contribution in [2.45, 2.75) is 64.5 Å². The summed E-state index contributed by atoms with van der Waals surface area (Å²) in [5.41, 5.74) is 0.726. The first-order valence-corrected chi connectivity index (χ1v) is 11.3. The Bertz CT molecular complexity index is 1050. The van der Waals surface area contributed by atoms with Crippen LogP contribution in [0.2, 0.25) is 0 Å². The molecule has 5 nitrogen and oxygen atoms in total. The molecule has 4 bridgehead atoms. The Morgan fingerprint density at radius 1 is 1.14 bits per heavy atom.